The maximum atomic E-state index is 3.44. The van der Waals surface area contributed by atoms with Gasteiger partial charge in [-0.1, -0.05) is 50.1 Å². The van der Waals surface area contributed by atoms with Gasteiger partial charge in [0.15, 0.2) is 0 Å². The van der Waals surface area contributed by atoms with E-state index in [1.165, 1.54) is 29.7 Å². The molecule has 0 saturated heterocycles. The van der Waals surface area contributed by atoms with E-state index in [-0.39, 0.29) is 0 Å². The number of hydrogen-bond acceptors (Lipinski definition) is 2. The van der Waals surface area contributed by atoms with Crippen LogP contribution in [0.2, 0.25) is 0 Å². The third-order valence-electron chi connectivity index (χ3n) is 3.10. The highest BCUT2D eigenvalue weighted by molar-refractivity contribution is 7.99. The number of thioether (sulfide) groups is 1. The molecule has 0 heterocycles. The van der Waals surface area contributed by atoms with Crippen LogP contribution in [0.25, 0.3) is 0 Å². The monoisotopic (exact) mass is 251 g/mol. The molecule has 1 aromatic rings. The second-order valence-electron chi connectivity index (χ2n) is 4.61. The summed E-state index contributed by atoms with van der Waals surface area (Å²) in [6, 6.07) is 9.34. The lowest BCUT2D eigenvalue weighted by atomic mass is 10.0. The van der Waals surface area contributed by atoms with E-state index >= 15 is 0 Å². The first-order valence-corrected chi connectivity index (χ1v) is 7.59. The Labute approximate surface area is 110 Å². The summed E-state index contributed by atoms with van der Waals surface area (Å²) in [5.74, 6) is 1.27. The zero-order valence-electron chi connectivity index (χ0n) is 11.5. The molecule has 1 aromatic carbocycles. The van der Waals surface area contributed by atoms with Gasteiger partial charge in [0.25, 0.3) is 0 Å². The zero-order valence-corrected chi connectivity index (χ0v) is 12.3. The third kappa shape index (κ3) is 4.72. The smallest absolute Gasteiger partial charge is 0.0435 e. The van der Waals surface area contributed by atoms with Crippen LogP contribution in [0.3, 0.4) is 0 Å². The average Bonchev–Trinajstić information content (AvgIpc) is 2.33. The molecule has 0 amide bonds. The van der Waals surface area contributed by atoms with Crippen molar-refractivity contribution in [1.82, 2.24) is 5.32 Å². The summed E-state index contributed by atoms with van der Waals surface area (Å²) in [5.41, 5.74) is 2.73. The molecule has 2 unspecified atom stereocenters. The number of unbranched alkanes of at least 4 members (excludes halogenated alkanes) is 1. The first-order chi connectivity index (χ1) is 8.19. The molecule has 0 bridgehead atoms. The summed E-state index contributed by atoms with van der Waals surface area (Å²) in [5, 5.41) is 4.06. The van der Waals surface area contributed by atoms with Crippen molar-refractivity contribution in [3.63, 3.8) is 0 Å². The normalized spacial score (nSPS) is 14.6. The molecule has 1 rings (SSSR count). The molecule has 0 aliphatic rings. The molecule has 1 N–H and O–H groups in total. The van der Waals surface area contributed by atoms with Crippen molar-refractivity contribution >= 4 is 11.8 Å². The maximum Gasteiger partial charge on any atom is 0.0435 e. The minimum absolute atomic E-state index is 0.456. The molecule has 0 aliphatic carbocycles. The van der Waals surface area contributed by atoms with Crippen LogP contribution < -0.4 is 5.32 Å². The lowest BCUT2D eigenvalue weighted by molar-refractivity contribution is 0.589. The van der Waals surface area contributed by atoms with Crippen molar-refractivity contribution in [2.24, 2.45) is 0 Å². The molecule has 2 atom stereocenters. The van der Waals surface area contributed by atoms with E-state index in [9.17, 15) is 0 Å². The molecule has 0 aromatic heterocycles. The third-order valence-corrected chi connectivity index (χ3v) is 4.42. The molecule has 0 radical (unpaired) electrons. The molecule has 0 saturated carbocycles. The molecule has 0 fully saturated rings. The lowest BCUT2D eigenvalue weighted by Crippen LogP contribution is -2.25. The Morgan fingerprint density at radius 2 is 1.88 bits per heavy atom. The van der Waals surface area contributed by atoms with Gasteiger partial charge in [0, 0.05) is 11.3 Å². The Balaban J connectivity index is 2.60. The highest BCUT2D eigenvalue weighted by atomic mass is 32.2. The lowest BCUT2D eigenvalue weighted by Gasteiger charge is -2.23. The van der Waals surface area contributed by atoms with Crippen molar-refractivity contribution < 1.29 is 0 Å². The second kappa shape index (κ2) is 7.78. The first-order valence-electron chi connectivity index (χ1n) is 6.54. The zero-order chi connectivity index (χ0) is 12.7. The summed E-state index contributed by atoms with van der Waals surface area (Å²) in [6.45, 7) is 6.71. The van der Waals surface area contributed by atoms with Crippen molar-refractivity contribution in [2.45, 2.75) is 44.9 Å². The van der Waals surface area contributed by atoms with Crippen molar-refractivity contribution in [2.75, 3.05) is 12.8 Å². The Morgan fingerprint density at radius 1 is 1.24 bits per heavy atom. The van der Waals surface area contributed by atoms with E-state index in [1.54, 1.807) is 0 Å². The van der Waals surface area contributed by atoms with Crippen LogP contribution in [0.1, 0.15) is 43.9 Å². The van der Waals surface area contributed by atoms with Crippen molar-refractivity contribution in [1.29, 1.82) is 0 Å². The number of rotatable bonds is 7. The Hall–Kier alpha value is -0.470. The highest BCUT2D eigenvalue weighted by Gasteiger charge is 2.17. The largest absolute Gasteiger partial charge is 0.312 e. The van der Waals surface area contributed by atoms with Gasteiger partial charge in [-0.3, -0.25) is 0 Å². The Kier molecular flexibility index (Phi) is 6.68. The van der Waals surface area contributed by atoms with E-state index in [4.69, 9.17) is 0 Å². The number of benzene rings is 1. The second-order valence-corrected chi connectivity index (χ2v) is 6.09. The fourth-order valence-electron chi connectivity index (χ4n) is 1.96. The van der Waals surface area contributed by atoms with Crippen LogP contribution in [-0.4, -0.2) is 18.1 Å². The average molecular weight is 251 g/mol. The standard InChI is InChI=1S/C15H25NS/c1-5-6-11-17-13(3)15(16-4)14-9-7-12(2)8-10-14/h7-10,13,15-16H,5-6,11H2,1-4H3. The molecule has 2 heteroatoms. The highest BCUT2D eigenvalue weighted by Crippen LogP contribution is 2.27. The number of nitrogens with one attached hydrogen (secondary N) is 1. The fraction of sp³-hybridized carbons (Fsp3) is 0.600. The van der Waals surface area contributed by atoms with Crippen molar-refractivity contribution in [3.8, 4) is 0 Å². The van der Waals surface area contributed by atoms with Gasteiger partial charge in [0.1, 0.15) is 0 Å². The quantitative estimate of drug-likeness (QED) is 0.730. The van der Waals surface area contributed by atoms with Crippen molar-refractivity contribution in [3.05, 3.63) is 35.4 Å². The predicted octanol–water partition coefficient (Wildman–Crippen LogP) is 4.18. The first kappa shape index (κ1) is 14.6. The molecule has 1 nitrogen and oxygen atoms in total. The van der Waals surface area contributed by atoms with Crippen LogP contribution in [0, 0.1) is 6.92 Å². The predicted molar refractivity (Wildman–Crippen MR) is 79.8 cm³/mol. The van der Waals surface area contributed by atoms with Gasteiger partial charge in [-0.05, 0) is 31.7 Å². The number of hydrogen-bond donors (Lipinski definition) is 1. The molecule has 17 heavy (non-hydrogen) atoms. The van der Waals surface area contributed by atoms with Crippen LogP contribution in [0.15, 0.2) is 24.3 Å². The van der Waals surface area contributed by atoms with Gasteiger partial charge in [0.2, 0.25) is 0 Å². The van der Waals surface area contributed by atoms with E-state index in [2.05, 4.69) is 69.2 Å². The van der Waals surface area contributed by atoms with Gasteiger partial charge >= 0.3 is 0 Å². The van der Waals surface area contributed by atoms with Crippen LogP contribution >= 0.6 is 11.8 Å². The summed E-state index contributed by atoms with van der Waals surface area (Å²) in [6.07, 6.45) is 2.60. The summed E-state index contributed by atoms with van der Waals surface area (Å²) in [4.78, 5) is 0. The van der Waals surface area contributed by atoms with Gasteiger partial charge in [0.05, 0.1) is 0 Å². The van der Waals surface area contributed by atoms with E-state index in [1.807, 2.05) is 0 Å². The van der Waals surface area contributed by atoms with E-state index in [0.29, 0.717) is 11.3 Å². The Morgan fingerprint density at radius 3 is 2.41 bits per heavy atom. The van der Waals surface area contributed by atoms with Crippen LogP contribution in [0.5, 0.6) is 0 Å². The summed E-state index contributed by atoms with van der Waals surface area (Å²) in [7, 11) is 2.06. The Bertz CT molecular complexity index is 307. The minimum atomic E-state index is 0.456. The molecular formula is C15H25NS. The summed E-state index contributed by atoms with van der Waals surface area (Å²) >= 11 is 2.07. The van der Waals surface area contributed by atoms with E-state index < -0.39 is 0 Å². The van der Waals surface area contributed by atoms with Crippen LogP contribution in [0.4, 0.5) is 0 Å². The fourth-order valence-corrected chi connectivity index (χ4v) is 3.27. The van der Waals surface area contributed by atoms with Gasteiger partial charge < -0.3 is 5.32 Å². The molecule has 0 spiro atoms. The topological polar surface area (TPSA) is 12.0 Å². The maximum absolute atomic E-state index is 3.44. The number of aryl methyl sites for hydroxylation is 1. The van der Waals surface area contributed by atoms with Gasteiger partial charge in [-0.25, -0.2) is 0 Å². The molecular weight excluding hydrogens is 226 g/mol. The van der Waals surface area contributed by atoms with E-state index in [0.717, 1.165) is 0 Å². The van der Waals surface area contributed by atoms with Crippen LogP contribution in [-0.2, 0) is 0 Å². The molecule has 96 valence electrons. The summed E-state index contributed by atoms with van der Waals surface area (Å²) < 4.78 is 0. The minimum Gasteiger partial charge on any atom is -0.312 e. The SMILES string of the molecule is CCCCSC(C)C(NC)c1ccc(C)cc1. The van der Waals surface area contributed by atoms with Gasteiger partial charge in [-0.15, -0.1) is 0 Å². The van der Waals surface area contributed by atoms with Gasteiger partial charge in [-0.2, -0.15) is 11.8 Å². The molecule has 0 aliphatic heterocycles.